The van der Waals surface area contributed by atoms with E-state index in [0.717, 1.165) is 31.6 Å². The summed E-state index contributed by atoms with van der Waals surface area (Å²) in [5, 5.41) is 7.95. The van der Waals surface area contributed by atoms with Crippen LogP contribution in [0.5, 0.6) is 0 Å². The summed E-state index contributed by atoms with van der Waals surface area (Å²) in [5.74, 6) is 2.86. The maximum atomic E-state index is 5.48. The molecule has 0 radical (unpaired) electrons. The molecule has 0 amide bonds. The molecular weight excluding hydrogens is 320 g/mol. The summed E-state index contributed by atoms with van der Waals surface area (Å²) in [5.41, 5.74) is 0.732. The third-order valence-corrected chi connectivity index (χ3v) is 4.66. The molecule has 0 bridgehead atoms. The minimum absolute atomic E-state index is 0.119. The van der Waals surface area contributed by atoms with Crippen LogP contribution < -0.4 is 0 Å². The third kappa shape index (κ3) is 3.30. The monoisotopic (exact) mass is 340 g/mol. The zero-order valence-corrected chi connectivity index (χ0v) is 14.3. The average molecular weight is 340 g/mol. The minimum Gasteiger partial charge on any atom is -0.339 e. The van der Waals surface area contributed by atoms with E-state index in [2.05, 4.69) is 37.1 Å². The quantitative estimate of drug-likeness (QED) is 0.715. The second-order valence-electron chi connectivity index (χ2n) is 6.34. The van der Waals surface area contributed by atoms with Gasteiger partial charge in [-0.2, -0.15) is 9.97 Å². The van der Waals surface area contributed by atoms with Crippen LogP contribution in [0.25, 0.3) is 11.5 Å². The van der Waals surface area contributed by atoms with Crippen LogP contribution in [-0.4, -0.2) is 43.3 Å². The van der Waals surface area contributed by atoms with Gasteiger partial charge >= 0.3 is 0 Å². The van der Waals surface area contributed by atoms with Crippen LogP contribution in [0.3, 0.4) is 0 Å². The van der Waals surface area contributed by atoms with Crippen LogP contribution in [0.1, 0.15) is 49.3 Å². The molecule has 0 aromatic carbocycles. The van der Waals surface area contributed by atoms with Crippen LogP contribution in [0, 0.1) is 6.92 Å². The topological polar surface area (TPSA) is 94.0 Å². The van der Waals surface area contributed by atoms with Gasteiger partial charge in [-0.1, -0.05) is 16.4 Å². The second-order valence-corrected chi connectivity index (χ2v) is 6.34. The Labute approximate surface area is 145 Å². The lowest BCUT2D eigenvalue weighted by molar-refractivity contribution is 0.128. The van der Waals surface area contributed by atoms with Crippen molar-refractivity contribution < 1.29 is 9.05 Å². The SMILES string of the molecule is Cc1noc([C@@H](C)N2CCC(c3nc(-c4ccccn4)no3)CC2)n1. The minimum atomic E-state index is 0.119. The van der Waals surface area contributed by atoms with Crippen molar-refractivity contribution in [3.8, 4) is 11.5 Å². The highest BCUT2D eigenvalue weighted by atomic mass is 16.5. The molecule has 0 N–H and O–H groups in total. The lowest BCUT2D eigenvalue weighted by atomic mass is 9.96. The number of rotatable bonds is 4. The highest BCUT2D eigenvalue weighted by Crippen LogP contribution is 2.31. The lowest BCUT2D eigenvalue weighted by Gasteiger charge is -2.33. The molecule has 1 aliphatic rings. The van der Waals surface area contributed by atoms with Crippen molar-refractivity contribution in [1.29, 1.82) is 0 Å². The van der Waals surface area contributed by atoms with Gasteiger partial charge < -0.3 is 9.05 Å². The molecule has 3 aromatic rings. The van der Waals surface area contributed by atoms with E-state index in [1.807, 2.05) is 25.1 Å². The van der Waals surface area contributed by atoms with E-state index >= 15 is 0 Å². The highest BCUT2D eigenvalue weighted by Gasteiger charge is 2.29. The zero-order chi connectivity index (χ0) is 17.2. The van der Waals surface area contributed by atoms with Crippen LogP contribution in [-0.2, 0) is 0 Å². The van der Waals surface area contributed by atoms with E-state index in [1.54, 1.807) is 6.20 Å². The van der Waals surface area contributed by atoms with Crippen molar-refractivity contribution in [3.05, 3.63) is 42.0 Å². The number of pyridine rings is 1. The van der Waals surface area contributed by atoms with Crippen LogP contribution >= 0.6 is 0 Å². The van der Waals surface area contributed by atoms with Crippen LogP contribution in [0.2, 0.25) is 0 Å². The molecule has 1 saturated heterocycles. The molecule has 25 heavy (non-hydrogen) atoms. The van der Waals surface area contributed by atoms with Gasteiger partial charge in [0.05, 0.1) is 6.04 Å². The number of aryl methyl sites for hydroxylation is 1. The summed E-state index contributed by atoms with van der Waals surface area (Å²) in [6.45, 7) is 5.78. The molecule has 8 nitrogen and oxygen atoms in total. The van der Waals surface area contributed by atoms with Crippen molar-refractivity contribution in [1.82, 2.24) is 30.2 Å². The number of aromatic nitrogens is 5. The fourth-order valence-electron chi connectivity index (χ4n) is 3.17. The van der Waals surface area contributed by atoms with E-state index in [-0.39, 0.29) is 12.0 Å². The summed E-state index contributed by atoms with van der Waals surface area (Å²) >= 11 is 0. The average Bonchev–Trinajstić information content (AvgIpc) is 3.31. The van der Waals surface area contributed by atoms with E-state index in [1.165, 1.54) is 0 Å². The van der Waals surface area contributed by atoms with E-state index < -0.39 is 0 Å². The van der Waals surface area contributed by atoms with Gasteiger partial charge in [-0.05, 0) is 51.9 Å². The Balaban J connectivity index is 1.40. The predicted octanol–water partition coefficient (Wildman–Crippen LogP) is 2.76. The maximum absolute atomic E-state index is 5.48. The molecule has 0 spiro atoms. The smallest absolute Gasteiger partial charge is 0.243 e. The Kier molecular flexibility index (Phi) is 4.27. The van der Waals surface area contributed by atoms with Gasteiger partial charge in [0, 0.05) is 12.1 Å². The molecule has 0 unspecified atom stereocenters. The summed E-state index contributed by atoms with van der Waals surface area (Å²) in [6, 6.07) is 5.78. The maximum Gasteiger partial charge on any atom is 0.243 e. The first-order chi connectivity index (χ1) is 12.2. The van der Waals surface area contributed by atoms with Crippen molar-refractivity contribution in [2.24, 2.45) is 0 Å². The third-order valence-electron chi connectivity index (χ3n) is 4.66. The fraction of sp³-hybridized carbons (Fsp3) is 0.471. The Hall–Kier alpha value is -2.61. The molecule has 1 fully saturated rings. The van der Waals surface area contributed by atoms with Crippen LogP contribution in [0.4, 0.5) is 0 Å². The molecule has 4 heterocycles. The number of hydrogen-bond acceptors (Lipinski definition) is 8. The standard InChI is InChI=1S/C17H20N6O2/c1-11(16-19-12(2)21-24-16)23-9-6-13(7-10-23)17-20-15(22-25-17)14-5-3-4-8-18-14/h3-5,8,11,13H,6-7,9-10H2,1-2H3/t11-/m1/s1. The van der Waals surface area contributed by atoms with Crippen molar-refractivity contribution >= 4 is 0 Å². The number of likely N-dealkylation sites (tertiary alicyclic amines) is 1. The van der Waals surface area contributed by atoms with Gasteiger partial charge in [0.1, 0.15) is 5.69 Å². The molecule has 1 atom stereocenters. The lowest BCUT2D eigenvalue weighted by Crippen LogP contribution is -2.35. The number of piperidine rings is 1. The van der Waals surface area contributed by atoms with Crippen molar-refractivity contribution in [3.63, 3.8) is 0 Å². The summed E-state index contributed by atoms with van der Waals surface area (Å²) in [6.07, 6.45) is 3.65. The Bertz CT molecular complexity index is 823. The first-order valence-corrected chi connectivity index (χ1v) is 8.50. The number of hydrogen-bond donors (Lipinski definition) is 0. The van der Waals surface area contributed by atoms with Crippen molar-refractivity contribution in [2.45, 2.75) is 38.6 Å². The van der Waals surface area contributed by atoms with Gasteiger partial charge in [0.15, 0.2) is 5.82 Å². The highest BCUT2D eigenvalue weighted by molar-refractivity contribution is 5.47. The molecule has 0 saturated carbocycles. The molecule has 1 aliphatic heterocycles. The van der Waals surface area contributed by atoms with E-state index in [0.29, 0.717) is 23.4 Å². The van der Waals surface area contributed by atoms with E-state index in [4.69, 9.17) is 9.05 Å². The van der Waals surface area contributed by atoms with Gasteiger partial charge in [-0.15, -0.1) is 0 Å². The summed E-state index contributed by atoms with van der Waals surface area (Å²) < 4.78 is 10.8. The van der Waals surface area contributed by atoms with Gasteiger partial charge in [-0.25, -0.2) is 0 Å². The Morgan fingerprint density at radius 2 is 1.96 bits per heavy atom. The Morgan fingerprint density at radius 3 is 2.64 bits per heavy atom. The summed E-state index contributed by atoms with van der Waals surface area (Å²) in [4.78, 5) is 15.5. The van der Waals surface area contributed by atoms with Gasteiger partial charge in [-0.3, -0.25) is 9.88 Å². The fourth-order valence-corrected chi connectivity index (χ4v) is 3.17. The first kappa shape index (κ1) is 15.9. The molecule has 0 aliphatic carbocycles. The van der Waals surface area contributed by atoms with Gasteiger partial charge in [0.2, 0.25) is 17.6 Å². The van der Waals surface area contributed by atoms with Crippen LogP contribution in [0.15, 0.2) is 33.4 Å². The molecular formula is C17H20N6O2. The molecule has 8 heteroatoms. The normalized spacial score (nSPS) is 17.7. The molecule has 4 rings (SSSR count). The van der Waals surface area contributed by atoms with Gasteiger partial charge in [0.25, 0.3) is 0 Å². The number of nitrogens with zero attached hydrogens (tertiary/aromatic N) is 6. The van der Waals surface area contributed by atoms with E-state index in [9.17, 15) is 0 Å². The zero-order valence-electron chi connectivity index (χ0n) is 14.3. The largest absolute Gasteiger partial charge is 0.339 e. The molecule has 130 valence electrons. The summed E-state index contributed by atoms with van der Waals surface area (Å²) in [7, 11) is 0. The molecule has 3 aromatic heterocycles. The second kappa shape index (κ2) is 6.72. The predicted molar refractivity (Wildman–Crippen MR) is 88.5 cm³/mol. The first-order valence-electron chi connectivity index (χ1n) is 8.50. The Morgan fingerprint density at radius 1 is 1.12 bits per heavy atom. The van der Waals surface area contributed by atoms with Crippen molar-refractivity contribution in [2.75, 3.05) is 13.1 Å².